The van der Waals surface area contributed by atoms with Gasteiger partial charge in [-0.2, -0.15) is 15.4 Å². The standard InChI is InChI=1S/C9H11N5O/c1-3-6-5(2)9(15)12-8(11-6)7-4-10-14-13-7/h4H,3H2,1-2H3,(H,10,13,14)(H,11,12,15). The average Bonchev–Trinajstić information content (AvgIpc) is 2.75. The van der Waals surface area contributed by atoms with Crippen LogP contribution in [0.3, 0.4) is 0 Å². The highest BCUT2D eigenvalue weighted by Gasteiger charge is 2.08. The lowest BCUT2D eigenvalue weighted by Crippen LogP contribution is -2.15. The van der Waals surface area contributed by atoms with Crippen molar-refractivity contribution in [1.29, 1.82) is 0 Å². The maximum atomic E-state index is 11.6. The minimum absolute atomic E-state index is 0.125. The molecule has 0 radical (unpaired) electrons. The second-order valence-corrected chi connectivity index (χ2v) is 3.20. The van der Waals surface area contributed by atoms with E-state index in [-0.39, 0.29) is 5.56 Å². The van der Waals surface area contributed by atoms with Crippen LogP contribution in [-0.2, 0) is 6.42 Å². The zero-order chi connectivity index (χ0) is 10.8. The summed E-state index contributed by atoms with van der Waals surface area (Å²) in [7, 11) is 0. The maximum absolute atomic E-state index is 11.6. The van der Waals surface area contributed by atoms with Crippen molar-refractivity contribution in [3.05, 3.63) is 27.8 Å². The Kier molecular flexibility index (Phi) is 2.32. The van der Waals surface area contributed by atoms with Crippen LogP contribution in [0.25, 0.3) is 11.5 Å². The third-order valence-electron chi connectivity index (χ3n) is 2.24. The molecule has 0 saturated carbocycles. The predicted molar refractivity (Wildman–Crippen MR) is 54.3 cm³/mol. The third-order valence-corrected chi connectivity index (χ3v) is 2.24. The molecule has 2 rings (SSSR count). The molecule has 0 aromatic carbocycles. The van der Waals surface area contributed by atoms with Gasteiger partial charge in [-0.25, -0.2) is 4.98 Å². The van der Waals surface area contributed by atoms with E-state index in [9.17, 15) is 4.79 Å². The van der Waals surface area contributed by atoms with E-state index >= 15 is 0 Å². The number of hydrogen-bond donors (Lipinski definition) is 2. The SMILES string of the molecule is CCc1nc(-c2cn[nH]n2)[nH]c(=O)c1C. The molecule has 15 heavy (non-hydrogen) atoms. The Morgan fingerprint density at radius 3 is 2.87 bits per heavy atom. The van der Waals surface area contributed by atoms with Crippen LogP contribution < -0.4 is 5.56 Å². The lowest BCUT2D eigenvalue weighted by Gasteiger charge is -2.02. The van der Waals surface area contributed by atoms with Crippen molar-refractivity contribution < 1.29 is 0 Å². The van der Waals surface area contributed by atoms with E-state index in [0.717, 1.165) is 12.1 Å². The van der Waals surface area contributed by atoms with Gasteiger partial charge in [-0.15, -0.1) is 0 Å². The minimum Gasteiger partial charge on any atom is -0.305 e. The van der Waals surface area contributed by atoms with Crippen LogP contribution in [-0.4, -0.2) is 25.4 Å². The molecule has 0 aliphatic heterocycles. The third kappa shape index (κ3) is 1.65. The number of aromatic amines is 2. The Bertz CT molecular complexity index is 514. The summed E-state index contributed by atoms with van der Waals surface area (Å²) in [4.78, 5) is 18.5. The maximum Gasteiger partial charge on any atom is 0.254 e. The first-order chi connectivity index (χ1) is 7.22. The van der Waals surface area contributed by atoms with Gasteiger partial charge < -0.3 is 4.98 Å². The second kappa shape index (κ2) is 3.64. The first kappa shape index (κ1) is 9.57. The van der Waals surface area contributed by atoms with E-state index in [2.05, 4.69) is 25.4 Å². The van der Waals surface area contributed by atoms with Gasteiger partial charge in [0.1, 0.15) is 5.69 Å². The van der Waals surface area contributed by atoms with Crippen LogP contribution in [0.4, 0.5) is 0 Å². The van der Waals surface area contributed by atoms with Gasteiger partial charge in [0, 0.05) is 5.56 Å². The van der Waals surface area contributed by atoms with E-state index < -0.39 is 0 Å². The van der Waals surface area contributed by atoms with Gasteiger partial charge in [0.15, 0.2) is 5.82 Å². The summed E-state index contributed by atoms with van der Waals surface area (Å²) < 4.78 is 0. The smallest absolute Gasteiger partial charge is 0.254 e. The van der Waals surface area contributed by atoms with Crippen LogP contribution in [0, 0.1) is 6.92 Å². The number of aryl methyl sites for hydroxylation is 1. The van der Waals surface area contributed by atoms with Gasteiger partial charge in [-0.1, -0.05) is 6.92 Å². The summed E-state index contributed by atoms with van der Waals surface area (Å²) in [5.74, 6) is 0.455. The van der Waals surface area contributed by atoms with Crippen molar-refractivity contribution >= 4 is 0 Å². The number of H-pyrrole nitrogens is 2. The molecule has 2 aromatic rings. The van der Waals surface area contributed by atoms with E-state index in [4.69, 9.17) is 0 Å². The van der Waals surface area contributed by atoms with E-state index in [1.807, 2.05) is 6.92 Å². The zero-order valence-electron chi connectivity index (χ0n) is 8.53. The highest BCUT2D eigenvalue weighted by molar-refractivity contribution is 5.46. The van der Waals surface area contributed by atoms with Crippen LogP contribution >= 0.6 is 0 Å². The summed E-state index contributed by atoms with van der Waals surface area (Å²) >= 11 is 0. The largest absolute Gasteiger partial charge is 0.305 e. The van der Waals surface area contributed by atoms with Gasteiger partial charge in [0.2, 0.25) is 0 Å². The molecular formula is C9H11N5O. The molecule has 6 nitrogen and oxygen atoms in total. The fourth-order valence-corrected chi connectivity index (χ4v) is 1.36. The minimum atomic E-state index is -0.125. The Morgan fingerprint density at radius 1 is 1.47 bits per heavy atom. The molecule has 0 atom stereocenters. The van der Waals surface area contributed by atoms with Crippen LogP contribution in [0.15, 0.2) is 11.0 Å². The summed E-state index contributed by atoms with van der Waals surface area (Å²) in [6.45, 7) is 3.72. The number of nitrogens with zero attached hydrogens (tertiary/aromatic N) is 3. The molecule has 0 saturated heterocycles. The van der Waals surface area contributed by atoms with Gasteiger partial charge in [-0.05, 0) is 13.3 Å². The van der Waals surface area contributed by atoms with Gasteiger partial charge in [0.05, 0.1) is 11.9 Å². The van der Waals surface area contributed by atoms with Crippen molar-refractivity contribution in [2.45, 2.75) is 20.3 Å². The molecule has 2 N–H and O–H groups in total. The lowest BCUT2D eigenvalue weighted by molar-refractivity contribution is 0.923. The molecule has 2 aromatic heterocycles. The Labute approximate surface area is 85.8 Å². The summed E-state index contributed by atoms with van der Waals surface area (Å²) in [6.07, 6.45) is 2.24. The normalized spacial score (nSPS) is 10.5. The fourth-order valence-electron chi connectivity index (χ4n) is 1.36. The fraction of sp³-hybridized carbons (Fsp3) is 0.333. The zero-order valence-corrected chi connectivity index (χ0v) is 8.53. The van der Waals surface area contributed by atoms with Gasteiger partial charge >= 0.3 is 0 Å². The number of rotatable bonds is 2. The van der Waals surface area contributed by atoms with Crippen molar-refractivity contribution in [2.24, 2.45) is 0 Å². The Balaban J connectivity index is 2.61. The first-order valence-corrected chi connectivity index (χ1v) is 4.68. The second-order valence-electron chi connectivity index (χ2n) is 3.20. The topological polar surface area (TPSA) is 87.3 Å². The number of aromatic nitrogens is 5. The van der Waals surface area contributed by atoms with Crippen molar-refractivity contribution in [3.63, 3.8) is 0 Å². The van der Waals surface area contributed by atoms with E-state index in [0.29, 0.717) is 17.1 Å². The van der Waals surface area contributed by atoms with Crippen LogP contribution in [0.2, 0.25) is 0 Å². The summed E-state index contributed by atoms with van der Waals surface area (Å²) in [5.41, 5.74) is 1.86. The molecule has 0 bridgehead atoms. The number of nitrogens with one attached hydrogen (secondary N) is 2. The predicted octanol–water partition coefficient (Wildman–Crippen LogP) is 0.426. The first-order valence-electron chi connectivity index (χ1n) is 4.68. The highest BCUT2D eigenvalue weighted by Crippen LogP contribution is 2.09. The van der Waals surface area contributed by atoms with Crippen molar-refractivity contribution in [2.75, 3.05) is 0 Å². The molecule has 6 heteroatoms. The monoisotopic (exact) mass is 205 g/mol. The van der Waals surface area contributed by atoms with Crippen molar-refractivity contribution in [3.8, 4) is 11.5 Å². The summed E-state index contributed by atoms with van der Waals surface area (Å²) in [6, 6.07) is 0. The Morgan fingerprint density at radius 2 is 2.27 bits per heavy atom. The lowest BCUT2D eigenvalue weighted by atomic mass is 10.2. The molecule has 0 spiro atoms. The quantitative estimate of drug-likeness (QED) is 0.744. The molecule has 78 valence electrons. The summed E-state index contributed by atoms with van der Waals surface area (Å²) in [5, 5.41) is 10.0. The Hall–Kier alpha value is -1.98. The molecule has 0 unspecified atom stereocenters. The van der Waals surface area contributed by atoms with E-state index in [1.165, 1.54) is 6.20 Å². The molecule has 0 aliphatic rings. The van der Waals surface area contributed by atoms with E-state index in [1.54, 1.807) is 6.92 Å². The van der Waals surface area contributed by atoms with Crippen LogP contribution in [0.5, 0.6) is 0 Å². The highest BCUT2D eigenvalue weighted by atomic mass is 16.1. The molecule has 2 heterocycles. The number of hydrogen-bond acceptors (Lipinski definition) is 4. The molecule has 0 aliphatic carbocycles. The average molecular weight is 205 g/mol. The molecule has 0 amide bonds. The van der Waals surface area contributed by atoms with Gasteiger partial charge in [0.25, 0.3) is 5.56 Å². The molecular weight excluding hydrogens is 194 g/mol. The van der Waals surface area contributed by atoms with Crippen molar-refractivity contribution in [1.82, 2.24) is 25.4 Å². The van der Waals surface area contributed by atoms with Gasteiger partial charge in [-0.3, -0.25) is 4.79 Å². The van der Waals surface area contributed by atoms with Crippen LogP contribution in [0.1, 0.15) is 18.2 Å². The molecule has 0 fully saturated rings.